The molecule has 4 rings (SSSR count). The van der Waals surface area contributed by atoms with Crippen molar-refractivity contribution < 1.29 is 19.8 Å². The summed E-state index contributed by atoms with van der Waals surface area (Å²) in [6, 6.07) is 16.2. The fourth-order valence-electron chi connectivity index (χ4n) is 4.24. The largest absolute Gasteiger partial charge is 0.504 e. The Morgan fingerprint density at radius 2 is 1.69 bits per heavy atom. The van der Waals surface area contributed by atoms with E-state index in [1.807, 2.05) is 56.3 Å². The third kappa shape index (κ3) is 4.95. The predicted molar refractivity (Wildman–Crippen MR) is 137 cm³/mol. The predicted octanol–water partition coefficient (Wildman–Crippen LogP) is 2.75. The number of phenolic OH excluding ortho intramolecular Hbond substituents is 2. The van der Waals surface area contributed by atoms with Gasteiger partial charge >= 0.3 is 5.69 Å². The standard InChI is InChI=1S/C27H28N4O5/c1-16-9-10-17(2)25-24(16)29-27(36)31(25)15-23(34)28-20(13-18-7-5-4-6-8-18)26(35)30(3)19-11-12-21(32)22(33)14-19/h4-12,14,20,32-33H,13,15H2,1-3H3,(H,28,34)(H,29,36)/t20-/m0/s1. The Labute approximate surface area is 207 Å². The highest BCUT2D eigenvalue weighted by Gasteiger charge is 2.26. The zero-order valence-electron chi connectivity index (χ0n) is 20.3. The number of hydrogen-bond donors (Lipinski definition) is 4. The summed E-state index contributed by atoms with van der Waals surface area (Å²) in [7, 11) is 1.52. The number of carbonyl (C=O) groups is 2. The van der Waals surface area contributed by atoms with Crippen molar-refractivity contribution in [3.8, 4) is 11.5 Å². The molecule has 186 valence electrons. The molecule has 2 amide bonds. The van der Waals surface area contributed by atoms with Crippen LogP contribution >= 0.6 is 0 Å². The minimum Gasteiger partial charge on any atom is -0.504 e. The van der Waals surface area contributed by atoms with Gasteiger partial charge in [-0.2, -0.15) is 0 Å². The lowest BCUT2D eigenvalue weighted by Gasteiger charge is -2.25. The van der Waals surface area contributed by atoms with Crippen LogP contribution in [0.25, 0.3) is 11.0 Å². The lowest BCUT2D eigenvalue weighted by Crippen LogP contribution is -2.50. The van der Waals surface area contributed by atoms with Crippen LogP contribution in [0.1, 0.15) is 16.7 Å². The number of rotatable bonds is 7. The number of imidazole rings is 1. The van der Waals surface area contributed by atoms with E-state index >= 15 is 0 Å². The van der Waals surface area contributed by atoms with Gasteiger partial charge in [0.05, 0.1) is 11.0 Å². The molecule has 0 spiro atoms. The Hall–Kier alpha value is -4.53. The van der Waals surface area contributed by atoms with E-state index in [1.54, 1.807) is 0 Å². The maximum Gasteiger partial charge on any atom is 0.326 e. The fraction of sp³-hybridized carbons (Fsp3) is 0.222. The number of carbonyl (C=O) groups excluding carboxylic acids is 2. The van der Waals surface area contributed by atoms with Gasteiger partial charge in [-0.15, -0.1) is 0 Å². The molecule has 0 fully saturated rings. The van der Waals surface area contributed by atoms with E-state index in [1.165, 1.54) is 34.7 Å². The number of anilines is 1. The van der Waals surface area contributed by atoms with Crippen LogP contribution in [0.15, 0.2) is 65.5 Å². The minimum atomic E-state index is -0.940. The quantitative estimate of drug-likeness (QED) is 0.298. The number of aryl methyl sites for hydroxylation is 2. The second-order valence-electron chi connectivity index (χ2n) is 8.82. The number of phenols is 2. The summed E-state index contributed by atoms with van der Waals surface area (Å²) in [5, 5.41) is 22.2. The van der Waals surface area contributed by atoms with E-state index in [0.717, 1.165) is 16.7 Å². The Balaban J connectivity index is 1.61. The molecule has 1 aromatic heterocycles. The number of amides is 2. The number of aromatic amines is 1. The highest BCUT2D eigenvalue weighted by molar-refractivity contribution is 5.99. The van der Waals surface area contributed by atoms with Crippen LogP contribution in [0, 0.1) is 13.8 Å². The monoisotopic (exact) mass is 488 g/mol. The number of likely N-dealkylation sites (N-methyl/N-ethyl adjacent to an activating group) is 1. The van der Waals surface area contributed by atoms with Crippen molar-refractivity contribution in [3.63, 3.8) is 0 Å². The zero-order valence-corrected chi connectivity index (χ0v) is 20.3. The molecular formula is C27H28N4O5. The summed E-state index contributed by atoms with van der Waals surface area (Å²) in [6.07, 6.45) is 0.223. The van der Waals surface area contributed by atoms with Crippen molar-refractivity contribution in [2.45, 2.75) is 32.9 Å². The summed E-state index contributed by atoms with van der Waals surface area (Å²) >= 11 is 0. The van der Waals surface area contributed by atoms with Gasteiger partial charge in [-0.05, 0) is 42.7 Å². The van der Waals surface area contributed by atoms with E-state index in [9.17, 15) is 24.6 Å². The average molecular weight is 489 g/mol. The van der Waals surface area contributed by atoms with E-state index in [0.29, 0.717) is 16.7 Å². The van der Waals surface area contributed by atoms with Crippen LogP contribution in [0.4, 0.5) is 5.69 Å². The number of benzene rings is 3. The number of aromatic hydroxyl groups is 2. The summed E-state index contributed by atoms with van der Waals surface area (Å²) < 4.78 is 1.37. The van der Waals surface area contributed by atoms with Crippen LogP contribution in [0.3, 0.4) is 0 Å². The van der Waals surface area contributed by atoms with E-state index < -0.39 is 23.5 Å². The molecule has 0 bridgehead atoms. The van der Waals surface area contributed by atoms with Gasteiger partial charge in [-0.1, -0.05) is 42.5 Å². The highest BCUT2D eigenvalue weighted by atomic mass is 16.3. The number of nitrogens with one attached hydrogen (secondary N) is 2. The van der Waals surface area contributed by atoms with Gasteiger partial charge in [0.1, 0.15) is 12.6 Å². The normalized spacial score (nSPS) is 11.9. The second kappa shape index (κ2) is 9.99. The number of hydrogen-bond acceptors (Lipinski definition) is 5. The molecule has 0 radical (unpaired) electrons. The van der Waals surface area contributed by atoms with Crippen molar-refractivity contribution in [2.24, 2.45) is 0 Å². The summed E-state index contributed by atoms with van der Waals surface area (Å²) in [6.45, 7) is 3.49. The van der Waals surface area contributed by atoms with Gasteiger partial charge in [0.25, 0.3) is 0 Å². The molecule has 0 saturated carbocycles. The van der Waals surface area contributed by atoms with E-state index in [2.05, 4.69) is 10.3 Å². The SMILES string of the molecule is Cc1ccc(C)c2c1[nH]c(=O)n2CC(=O)N[C@@H](Cc1ccccc1)C(=O)N(C)c1ccc(O)c(O)c1. The third-order valence-corrected chi connectivity index (χ3v) is 6.23. The van der Waals surface area contributed by atoms with Gasteiger partial charge < -0.3 is 25.4 Å². The third-order valence-electron chi connectivity index (χ3n) is 6.23. The molecule has 9 nitrogen and oxygen atoms in total. The molecular weight excluding hydrogens is 460 g/mol. The summed E-state index contributed by atoms with van der Waals surface area (Å²) in [5.74, 6) is -1.57. The van der Waals surface area contributed by atoms with Crippen LogP contribution in [0.5, 0.6) is 11.5 Å². The van der Waals surface area contributed by atoms with Crippen LogP contribution in [-0.2, 0) is 22.6 Å². The maximum atomic E-state index is 13.5. The van der Waals surface area contributed by atoms with Crippen molar-refractivity contribution in [1.82, 2.24) is 14.9 Å². The number of H-pyrrole nitrogens is 1. The molecule has 0 aliphatic rings. The van der Waals surface area contributed by atoms with E-state index in [4.69, 9.17) is 0 Å². The molecule has 4 aromatic rings. The first-order chi connectivity index (χ1) is 17.2. The van der Waals surface area contributed by atoms with E-state index in [-0.39, 0.29) is 24.5 Å². The molecule has 0 unspecified atom stereocenters. The Bertz CT molecular complexity index is 1490. The minimum absolute atomic E-state index is 0.223. The molecule has 3 aromatic carbocycles. The average Bonchev–Trinajstić information content (AvgIpc) is 3.19. The van der Waals surface area contributed by atoms with Gasteiger partial charge in [0, 0.05) is 25.2 Å². The number of fused-ring (bicyclic) bond motifs is 1. The first kappa shape index (κ1) is 24.6. The smallest absolute Gasteiger partial charge is 0.326 e. The van der Waals surface area contributed by atoms with Crippen molar-refractivity contribution >= 4 is 28.5 Å². The molecule has 0 saturated heterocycles. The maximum absolute atomic E-state index is 13.5. The topological polar surface area (TPSA) is 128 Å². The van der Waals surface area contributed by atoms with Crippen LogP contribution < -0.4 is 15.9 Å². The molecule has 9 heteroatoms. The molecule has 1 atom stereocenters. The van der Waals surface area contributed by atoms with Crippen molar-refractivity contribution in [2.75, 3.05) is 11.9 Å². The zero-order chi connectivity index (χ0) is 26.0. The van der Waals surface area contributed by atoms with Gasteiger partial charge in [-0.25, -0.2) is 4.79 Å². The van der Waals surface area contributed by atoms with Crippen LogP contribution in [-0.4, -0.2) is 44.7 Å². The first-order valence-electron chi connectivity index (χ1n) is 11.5. The first-order valence-corrected chi connectivity index (χ1v) is 11.5. The van der Waals surface area contributed by atoms with Crippen molar-refractivity contribution in [3.05, 3.63) is 87.8 Å². The molecule has 4 N–H and O–H groups in total. The summed E-state index contributed by atoms with van der Waals surface area (Å²) in [4.78, 5) is 43.4. The Morgan fingerprint density at radius 1 is 1.00 bits per heavy atom. The molecule has 0 aliphatic carbocycles. The molecule has 1 heterocycles. The Kier molecular flexibility index (Phi) is 6.82. The van der Waals surface area contributed by atoms with Crippen molar-refractivity contribution in [1.29, 1.82) is 0 Å². The van der Waals surface area contributed by atoms with Crippen LogP contribution in [0.2, 0.25) is 0 Å². The molecule has 36 heavy (non-hydrogen) atoms. The Morgan fingerprint density at radius 3 is 2.39 bits per heavy atom. The van der Waals surface area contributed by atoms with Gasteiger partial charge in [-0.3, -0.25) is 14.2 Å². The molecule has 0 aliphatic heterocycles. The van der Waals surface area contributed by atoms with Gasteiger partial charge in [0.15, 0.2) is 11.5 Å². The number of nitrogens with zero attached hydrogens (tertiary/aromatic N) is 2. The lowest BCUT2D eigenvalue weighted by atomic mass is 10.0. The van der Waals surface area contributed by atoms with Gasteiger partial charge in [0.2, 0.25) is 11.8 Å². The fourth-order valence-corrected chi connectivity index (χ4v) is 4.24. The summed E-state index contributed by atoms with van der Waals surface area (Å²) in [5.41, 5.74) is 3.86. The number of aromatic nitrogens is 2. The highest BCUT2D eigenvalue weighted by Crippen LogP contribution is 2.29. The lowest BCUT2D eigenvalue weighted by molar-refractivity contribution is -0.127. The second-order valence-corrected chi connectivity index (χ2v) is 8.82.